The van der Waals surface area contributed by atoms with Crippen molar-refractivity contribution in [2.24, 2.45) is 0 Å². The first kappa shape index (κ1) is 75.3. The second-order valence-corrected chi connectivity index (χ2v) is 22.3. The van der Waals surface area contributed by atoms with E-state index in [1.807, 2.05) is 6.08 Å². The number of hydrogen-bond acceptors (Lipinski definition) is 6. The van der Waals surface area contributed by atoms with Crippen LogP contribution >= 0.6 is 0 Å². The van der Waals surface area contributed by atoms with Gasteiger partial charge in [-0.1, -0.05) is 330 Å². The molecule has 0 radical (unpaired) electrons. The van der Waals surface area contributed by atoms with Crippen LogP contribution in [0.5, 0.6) is 0 Å². The minimum absolute atomic E-state index is 0.0926. The molecule has 0 amide bonds. The summed E-state index contributed by atoms with van der Waals surface area (Å²) >= 11 is 0. The van der Waals surface area contributed by atoms with Gasteiger partial charge in [0.1, 0.15) is 13.2 Å². The summed E-state index contributed by atoms with van der Waals surface area (Å²) in [6.45, 7) is 6.35. The van der Waals surface area contributed by atoms with Gasteiger partial charge in [-0.05, 0) is 77.0 Å². The van der Waals surface area contributed by atoms with E-state index in [1.54, 1.807) is 6.08 Å². The van der Waals surface area contributed by atoms with Crippen molar-refractivity contribution in [3.8, 4) is 0 Å². The van der Waals surface area contributed by atoms with Crippen LogP contribution in [0.15, 0.2) is 97.2 Å². The van der Waals surface area contributed by atoms with Gasteiger partial charge in [-0.2, -0.15) is 0 Å². The van der Waals surface area contributed by atoms with E-state index in [4.69, 9.17) is 14.2 Å². The molecule has 0 saturated carbocycles. The summed E-state index contributed by atoms with van der Waals surface area (Å²) in [7, 11) is 0. The third kappa shape index (κ3) is 65.0. The van der Waals surface area contributed by atoms with Crippen molar-refractivity contribution in [3.05, 3.63) is 97.2 Å². The monoisotopic (exact) mass is 1100 g/mol. The molecule has 0 aliphatic heterocycles. The summed E-state index contributed by atoms with van der Waals surface area (Å²) in [6, 6.07) is 0. The summed E-state index contributed by atoms with van der Waals surface area (Å²) in [5.74, 6) is -1.06. The molecule has 6 heteroatoms. The second-order valence-electron chi connectivity index (χ2n) is 22.3. The third-order valence-electron chi connectivity index (χ3n) is 14.6. The largest absolute Gasteiger partial charge is 0.462 e. The van der Waals surface area contributed by atoms with Crippen LogP contribution in [0.2, 0.25) is 0 Å². The van der Waals surface area contributed by atoms with Gasteiger partial charge in [-0.15, -0.1) is 0 Å². The van der Waals surface area contributed by atoms with E-state index >= 15 is 0 Å². The molecule has 0 saturated heterocycles. The van der Waals surface area contributed by atoms with E-state index in [-0.39, 0.29) is 31.6 Å². The Morgan fingerprint density at radius 1 is 0.278 bits per heavy atom. The van der Waals surface area contributed by atoms with Gasteiger partial charge in [0.2, 0.25) is 0 Å². The molecule has 0 heterocycles. The Kier molecular flexibility index (Phi) is 63.7. The third-order valence-corrected chi connectivity index (χ3v) is 14.6. The summed E-state index contributed by atoms with van der Waals surface area (Å²) in [5.41, 5.74) is 0. The van der Waals surface area contributed by atoms with Crippen LogP contribution in [0.1, 0.15) is 329 Å². The summed E-state index contributed by atoms with van der Waals surface area (Å²) < 4.78 is 16.8. The van der Waals surface area contributed by atoms with Crippen molar-refractivity contribution >= 4 is 17.9 Å². The smallest absolute Gasteiger partial charge is 0.310 e. The predicted octanol–water partition coefficient (Wildman–Crippen LogP) is 23.2. The highest BCUT2D eigenvalue weighted by Gasteiger charge is 2.19. The number of carbonyl (C=O) groups excluding carboxylic acids is 3. The molecule has 6 nitrogen and oxygen atoms in total. The van der Waals surface area contributed by atoms with Crippen molar-refractivity contribution in [1.29, 1.82) is 0 Å². The van der Waals surface area contributed by atoms with Gasteiger partial charge in [0.25, 0.3) is 0 Å². The number of rotatable bonds is 61. The minimum atomic E-state index is -0.840. The molecule has 0 spiro atoms. The fraction of sp³-hybridized carbons (Fsp3) is 0.740. The average molecular weight is 1100 g/mol. The van der Waals surface area contributed by atoms with Crippen LogP contribution in [0.25, 0.3) is 0 Å². The fourth-order valence-electron chi connectivity index (χ4n) is 9.65. The standard InChI is InChI=1S/C73H126O6/c1-4-7-10-13-16-19-22-25-28-29-30-31-32-33-34-35-36-37-38-39-40-41-42-43-46-48-51-54-57-60-63-66-72(75)78-69-70(79-73(76)67-64-61-58-55-52-49-45-27-24-21-18-15-12-9-6-3)68-77-71(74)65-62-59-56-53-50-47-44-26-23-20-17-14-11-8-5-2/h8-9,11-12,17-18,20-21,26-27,44-45,52,55,61,64,70H,4-7,10,13-16,19,22-25,28-43,46-51,53-54,56-60,62-63,65-69H2,1-3H3/b11-8-,12-9-,20-17-,21-18-,44-26-,45-27-,55-52-,64-61-. The molecular formula is C73H126O6. The zero-order chi connectivity index (χ0) is 57.1. The van der Waals surface area contributed by atoms with E-state index in [1.165, 1.54) is 180 Å². The molecule has 0 aromatic rings. The summed E-state index contributed by atoms with van der Waals surface area (Å²) in [6.07, 6.45) is 90.5. The lowest BCUT2D eigenvalue weighted by Gasteiger charge is -2.18. The fourth-order valence-corrected chi connectivity index (χ4v) is 9.65. The first-order valence-electron chi connectivity index (χ1n) is 33.7. The van der Waals surface area contributed by atoms with E-state index in [0.29, 0.717) is 12.8 Å². The lowest BCUT2D eigenvalue weighted by molar-refractivity contribution is -0.166. The van der Waals surface area contributed by atoms with E-state index in [9.17, 15) is 14.4 Å². The first-order valence-corrected chi connectivity index (χ1v) is 33.7. The van der Waals surface area contributed by atoms with Crippen LogP contribution in [-0.2, 0) is 28.6 Å². The minimum Gasteiger partial charge on any atom is -0.462 e. The van der Waals surface area contributed by atoms with Gasteiger partial charge in [0.15, 0.2) is 6.10 Å². The molecule has 0 aromatic carbocycles. The number of unbranched alkanes of at least 4 members (excludes halogenated alkanes) is 35. The quantitative estimate of drug-likeness (QED) is 0.0261. The number of carbonyl (C=O) groups is 3. The average Bonchev–Trinajstić information content (AvgIpc) is 3.45. The number of ether oxygens (including phenoxy) is 3. The molecule has 0 N–H and O–H groups in total. The second kappa shape index (κ2) is 66.8. The van der Waals surface area contributed by atoms with Crippen molar-refractivity contribution in [2.45, 2.75) is 335 Å². The van der Waals surface area contributed by atoms with E-state index in [0.717, 1.165) is 109 Å². The molecule has 0 bridgehead atoms. The lowest BCUT2D eigenvalue weighted by Crippen LogP contribution is -2.30. The predicted molar refractivity (Wildman–Crippen MR) is 344 cm³/mol. The van der Waals surface area contributed by atoms with Gasteiger partial charge in [0, 0.05) is 12.8 Å². The zero-order valence-corrected chi connectivity index (χ0v) is 52.1. The molecule has 0 aliphatic rings. The molecule has 79 heavy (non-hydrogen) atoms. The maximum Gasteiger partial charge on any atom is 0.310 e. The van der Waals surface area contributed by atoms with Crippen LogP contribution in [0, 0.1) is 0 Å². The Bertz CT molecular complexity index is 1540. The molecule has 0 fully saturated rings. The highest BCUT2D eigenvalue weighted by Crippen LogP contribution is 2.18. The van der Waals surface area contributed by atoms with Gasteiger partial charge in [-0.3, -0.25) is 14.4 Å². The van der Waals surface area contributed by atoms with Crippen molar-refractivity contribution < 1.29 is 28.6 Å². The van der Waals surface area contributed by atoms with Gasteiger partial charge >= 0.3 is 17.9 Å². The molecule has 0 rings (SSSR count). The summed E-state index contributed by atoms with van der Waals surface area (Å²) in [4.78, 5) is 38.2. The summed E-state index contributed by atoms with van der Waals surface area (Å²) in [5, 5.41) is 0. The SMILES string of the molecule is CC/C=C\C/C=C\C/C=C\C/C=C\C/C=C\CC(=O)OC(COC(=O)CCCCCCC/C=C\C/C=C\C/C=C\CC)COC(=O)CCCCCCCCCCCCCCCCCCCCCCCCCCCCCCCCC. The highest BCUT2D eigenvalue weighted by atomic mass is 16.6. The molecule has 1 unspecified atom stereocenters. The molecule has 1 atom stereocenters. The molecule has 0 aliphatic carbocycles. The number of hydrogen-bond donors (Lipinski definition) is 0. The normalized spacial score (nSPS) is 12.7. The topological polar surface area (TPSA) is 78.9 Å². The van der Waals surface area contributed by atoms with E-state index in [2.05, 4.69) is 106 Å². The lowest BCUT2D eigenvalue weighted by atomic mass is 10.0. The molecular weight excluding hydrogens is 973 g/mol. The molecule has 454 valence electrons. The molecule has 0 aromatic heterocycles. The van der Waals surface area contributed by atoms with Crippen LogP contribution in [0.3, 0.4) is 0 Å². The maximum absolute atomic E-state index is 12.8. The van der Waals surface area contributed by atoms with Crippen LogP contribution in [0.4, 0.5) is 0 Å². The zero-order valence-electron chi connectivity index (χ0n) is 52.1. The number of allylic oxidation sites excluding steroid dienone is 15. The van der Waals surface area contributed by atoms with E-state index < -0.39 is 12.1 Å². The Morgan fingerprint density at radius 2 is 0.532 bits per heavy atom. The highest BCUT2D eigenvalue weighted by molar-refractivity contribution is 5.72. The Labute approximate surface area is 489 Å². The Hall–Kier alpha value is -3.67. The Morgan fingerprint density at radius 3 is 0.835 bits per heavy atom. The number of esters is 3. The first-order chi connectivity index (χ1) is 39.0. The van der Waals surface area contributed by atoms with Crippen molar-refractivity contribution in [2.75, 3.05) is 13.2 Å². The van der Waals surface area contributed by atoms with Crippen molar-refractivity contribution in [3.63, 3.8) is 0 Å². The maximum atomic E-state index is 12.8. The van der Waals surface area contributed by atoms with Gasteiger partial charge < -0.3 is 14.2 Å². The van der Waals surface area contributed by atoms with Crippen molar-refractivity contribution in [1.82, 2.24) is 0 Å². The van der Waals surface area contributed by atoms with Gasteiger partial charge in [-0.25, -0.2) is 0 Å². The van der Waals surface area contributed by atoms with Crippen LogP contribution in [-0.4, -0.2) is 37.2 Å². The van der Waals surface area contributed by atoms with Crippen LogP contribution < -0.4 is 0 Å². The Balaban J connectivity index is 4.23. The van der Waals surface area contributed by atoms with Gasteiger partial charge in [0.05, 0.1) is 6.42 Å².